The van der Waals surface area contributed by atoms with E-state index in [1.807, 2.05) is 31.2 Å². The first-order valence-electron chi connectivity index (χ1n) is 5.64. The lowest BCUT2D eigenvalue weighted by Crippen LogP contribution is -2.23. The maximum absolute atomic E-state index is 10.9. The highest BCUT2D eigenvalue weighted by Gasteiger charge is 2.16. The molecule has 0 saturated carbocycles. The standard InChI is InChI=1S/C13H18O4/c1-3-4-12(13(14)15)17-9-10-5-7-11(16-2)8-6-10/h5-8,12H,3-4,9H2,1-2H3,(H,14,15). The minimum atomic E-state index is -0.902. The van der Waals surface area contributed by atoms with Crippen molar-refractivity contribution in [1.82, 2.24) is 0 Å². The Labute approximate surface area is 101 Å². The van der Waals surface area contributed by atoms with Crippen LogP contribution in [-0.4, -0.2) is 24.3 Å². The molecule has 0 heterocycles. The summed E-state index contributed by atoms with van der Waals surface area (Å²) in [6.07, 6.45) is 0.604. The van der Waals surface area contributed by atoms with E-state index in [4.69, 9.17) is 14.6 Å². The number of methoxy groups -OCH3 is 1. The summed E-state index contributed by atoms with van der Waals surface area (Å²) < 4.78 is 10.4. The zero-order valence-corrected chi connectivity index (χ0v) is 10.2. The molecule has 17 heavy (non-hydrogen) atoms. The molecule has 1 aromatic carbocycles. The van der Waals surface area contributed by atoms with Crippen LogP contribution in [0.15, 0.2) is 24.3 Å². The second-order valence-electron chi connectivity index (χ2n) is 3.77. The molecule has 0 amide bonds. The molecule has 94 valence electrons. The van der Waals surface area contributed by atoms with Crippen LogP contribution in [0.2, 0.25) is 0 Å². The monoisotopic (exact) mass is 238 g/mol. The maximum atomic E-state index is 10.9. The topological polar surface area (TPSA) is 55.8 Å². The molecule has 1 N–H and O–H groups in total. The van der Waals surface area contributed by atoms with Gasteiger partial charge in [-0.05, 0) is 24.1 Å². The molecular formula is C13H18O4. The summed E-state index contributed by atoms with van der Waals surface area (Å²) in [5.41, 5.74) is 0.938. The van der Waals surface area contributed by atoms with Crippen molar-refractivity contribution in [2.75, 3.05) is 7.11 Å². The molecule has 0 radical (unpaired) electrons. The van der Waals surface area contributed by atoms with Gasteiger partial charge in [-0.2, -0.15) is 0 Å². The number of aliphatic carboxylic acids is 1. The lowest BCUT2D eigenvalue weighted by molar-refractivity contribution is -0.151. The predicted molar refractivity (Wildman–Crippen MR) is 64.1 cm³/mol. The van der Waals surface area contributed by atoms with Crippen LogP contribution in [0.3, 0.4) is 0 Å². The largest absolute Gasteiger partial charge is 0.497 e. The van der Waals surface area contributed by atoms with E-state index >= 15 is 0 Å². The van der Waals surface area contributed by atoms with Gasteiger partial charge in [0, 0.05) is 0 Å². The fraction of sp³-hybridized carbons (Fsp3) is 0.462. The third kappa shape index (κ3) is 4.44. The van der Waals surface area contributed by atoms with E-state index in [9.17, 15) is 4.79 Å². The van der Waals surface area contributed by atoms with E-state index in [0.717, 1.165) is 17.7 Å². The van der Waals surface area contributed by atoms with Crippen molar-refractivity contribution >= 4 is 5.97 Å². The van der Waals surface area contributed by atoms with E-state index in [1.165, 1.54) is 0 Å². The van der Waals surface area contributed by atoms with Crippen LogP contribution in [0.1, 0.15) is 25.3 Å². The number of benzene rings is 1. The summed E-state index contributed by atoms with van der Waals surface area (Å²) >= 11 is 0. The highest BCUT2D eigenvalue weighted by molar-refractivity contribution is 5.72. The van der Waals surface area contributed by atoms with E-state index in [-0.39, 0.29) is 0 Å². The molecule has 0 bridgehead atoms. The zero-order valence-electron chi connectivity index (χ0n) is 10.2. The van der Waals surface area contributed by atoms with E-state index in [2.05, 4.69) is 0 Å². The fourth-order valence-corrected chi connectivity index (χ4v) is 1.46. The first-order chi connectivity index (χ1) is 8.17. The van der Waals surface area contributed by atoms with Gasteiger partial charge in [0.15, 0.2) is 6.10 Å². The summed E-state index contributed by atoms with van der Waals surface area (Å²) in [7, 11) is 1.60. The van der Waals surface area contributed by atoms with E-state index in [1.54, 1.807) is 7.11 Å². The average Bonchev–Trinajstić information content (AvgIpc) is 2.34. The third-order valence-electron chi connectivity index (χ3n) is 2.44. The molecule has 1 rings (SSSR count). The predicted octanol–water partition coefficient (Wildman–Crippen LogP) is 2.47. The average molecular weight is 238 g/mol. The van der Waals surface area contributed by atoms with E-state index in [0.29, 0.717) is 13.0 Å². The minimum absolute atomic E-state index is 0.307. The highest BCUT2D eigenvalue weighted by Crippen LogP contribution is 2.13. The summed E-state index contributed by atoms with van der Waals surface area (Å²) in [5.74, 6) is -0.127. The molecule has 1 unspecified atom stereocenters. The van der Waals surface area contributed by atoms with Crippen LogP contribution in [0.4, 0.5) is 0 Å². The smallest absolute Gasteiger partial charge is 0.332 e. The van der Waals surface area contributed by atoms with Crippen molar-refractivity contribution in [2.24, 2.45) is 0 Å². The van der Waals surface area contributed by atoms with Crippen LogP contribution in [0.5, 0.6) is 5.75 Å². The van der Waals surface area contributed by atoms with E-state index < -0.39 is 12.1 Å². The van der Waals surface area contributed by atoms with Gasteiger partial charge < -0.3 is 14.6 Å². The van der Waals surface area contributed by atoms with Crippen LogP contribution < -0.4 is 4.74 Å². The zero-order chi connectivity index (χ0) is 12.7. The van der Waals surface area contributed by atoms with Gasteiger partial charge in [0.05, 0.1) is 13.7 Å². The van der Waals surface area contributed by atoms with Gasteiger partial charge in [-0.15, -0.1) is 0 Å². The van der Waals surface area contributed by atoms with Crippen molar-refractivity contribution in [3.8, 4) is 5.75 Å². The molecule has 0 spiro atoms. The SMILES string of the molecule is CCCC(OCc1ccc(OC)cc1)C(=O)O. The Balaban J connectivity index is 2.50. The number of hydrogen-bond acceptors (Lipinski definition) is 3. The Kier molecular flexibility index (Phi) is 5.49. The summed E-state index contributed by atoms with van der Waals surface area (Å²) in [5, 5.41) is 8.92. The molecule has 1 aromatic rings. The molecule has 4 heteroatoms. The van der Waals surface area contributed by atoms with Crippen molar-refractivity contribution in [3.63, 3.8) is 0 Å². The number of rotatable bonds is 7. The molecule has 0 aliphatic carbocycles. The van der Waals surface area contributed by atoms with Gasteiger partial charge in [-0.1, -0.05) is 25.5 Å². The van der Waals surface area contributed by atoms with Crippen LogP contribution in [-0.2, 0) is 16.1 Å². The second kappa shape index (κ2) is 6.91. The van der Waals surface area contributed by atoms with Crippen molar-refractivity contribution in [1.29, 1.82) is 0 Å². The van der Waals surface area contributed by atoms with Gasteiger partial charge in [0.1, 0.15) is 5.75 Å². The first kappa shape index (κ1) is 13.5. The number of carboxylic acids is 1. The van der Waals surface area contributed by atoms with Crippen molar-refractivity contribution < 1.29 is 19.4 Å². The molecule has 0 aromatic heterocycles. The molecule has 0 fully saturated rings. The van der Waals surface area contributed by atoms with Gasteiger partial charge in [-0.25, -0.2) is 4.79 Å². The molecule has 0 saturated heterocycles. The third-order valence-corrected chi connectivity index (χ3v) is 2.44. The van der Waals surface area contributed by atoms with Crippen LogP contribution in [0.25, 0.3) is 0 Å². The lowest BCUT2D eigenvalue weighted by Gasteiger charge is -2.12. The summed E-state index contributed by atoms with van der Waals surface area (Å²) in [6.45, 7) is 2.24. The fourth-order valence-electron chi connectivity index (χ4n) is 1.46. The van der Waals surface area contributed by atoms with Crippen molar-refractivity contribution in [2.45, 2.75) is 32.5 Å². The number of carbonyl (C=O) groups is 1. The Bertz CT molecular complexity index is 345. The molecule has 1 atom stereocenters. The Morgan fingerprint density at radius 3 is 2.47 bits per heavy atom. The maximum Gasteiger partial charge on any atom is 0.332 e. The van der Waals surface area contributed by atoms with Gasteiger partial charge in [0.25, 0.3) is 0 Å². The number of carboxylic acid groups (broad SMARTS) is 1. The summed E-state index contributed by atoms with van der Waals surface area (Å²) in [6, 6.07) is 7.38. The molecular weight excluding hydrogens is 220 g/mol. The van der Waals surface area contributed by atoms with Crippen molar-refractivity contribution in [3.05, 3.63) is 29.8 Å². The van der Waals surface area contributed by atoms with Gasteiger partial charge in [-0.3, -0.25) is 0 Å². The first-order valence-corrected chi connectivity index (χ1v) is 5.64. The molecule has 0 aliphatic rings. The Morgan fingerprint density at radius 2 is 2.00 bits per heavy atom. The quantitative estimate of drug-likeness (QED) is 0.792. The van der Waals surface area contributed by atoms with Crippen LogP contribution >= 0.6 is 0 Å². The Morgan fingerprint density at radius 1 is 1.35 bits per heavy atom. The molecule has 0 aliphatic heterocycles. The van der Waals surface area contributed by atoms with Gasteiger partial charge >= 0.3 is 5.97 Å². The lowest BCUT2D eigenvalue weighted by atomic mass is 10.2. The normalized spacial score (nSPS) is 12.1. The Hall–Kier alpha value is -1.55. The van der Waals surface area contributed by atoms with Gasteiger partial charge in [0.2, 0.25) is 0 Å². The molecule has 4 nitrogen and oxygen atoms in total. The number of ether oxygens (including phenoxy) is 2. The van der Waals surface area contributed by atoms with Crippen LogP contribution in [0, 0.1) is 0 Å². The highest BCUT2D eigenvalue weighted by atomic mass is 16.5. The summed E-state index contributed by atoms with van der Waals surface area (Å²) in [4.78, 5) is 10.9. The number of hydrogen-bond donors (Lipinski definition) is 1. The second-order valence-corrected chi connectivity index (χ2v) is 3.77. The minimum Gasteiger partial charge on any atom is -0.497 e.